The van der Waals surface area contributed by atoms with Crippen molar-refractivity contribution in [2.75, 3.05) is 5.32 Å². The first-order chi connectivity index (χ1) is 12.3. The normalized spacial score (nSPS) is 10.8. The van der Waals surface area contributed by atoms with E-state index in [-0.39, 0.29) is 0 Å². The van der Waals surface area contributed by atoms with Crippen LogP contribution in [-0.2, 0) is 6.54 Å². The Morgan fingerprint density at radius 1 is 0.760 bits per heavy atom. The third-order valence-corrected chi connectivity index (χ3v) is 4.71. The number of hydrogen-bond donors (Lipinski definition) is 1. The van der Waals surface area contributed by atoms with Gasteiger partial charge in [-0.1, -0.05) is 76.6 Å². The van der Waals surface area contributed by atoms with Crippen LogP contribution >= 0.6 is 15.9 Å². The highest BCUT2D eigenvalue weighted by molar-refractivity contribution is 9.10. The van der Waals surface area contributed by atoms with Gasteiger partial charge in [0.2, 0.25) is 0 Å². The number of halogens is 1. The highest BCUT2D eigenvalue weighted by Crippen LogP contribution is 2.29. The molecule has 0 spiro atoms. The largest absolute Gasteiger partial charge is 0.365 e. The third kappa shape index (κ3) is 3.39. The molecule has 122 valence electrons. The minimum Gasteiger partial charge on any atom is -0.365 e. The number of fused-ring (bicyclic) bond motifs is 1. The quantitative estimate of drug-likeness (QED) is 0.488. The van der Waals surface area contributed by atoms with Crippen molar-refractivity contribution in [2.45, 2.75) is 6.54 Å². The molecule has 0 atom stereocenters. The van der Waals surface area contributed by atoms with Crippen LogP contribution in [0.25, 0.3) is 22.3 Å². The lowest BCUT2D eigenvalue weighted by Gasteiger charge is -2.12. The van der Waals surface area contributed by atoms with E-state index in [0.717, 1.165) is 33.3 Å². The predicted octanol–water partition coefficient (Wildman–Crippen LogP) is 5.67. The second kappa shape index (κ2) is 7.03. The summed E-state index contributed by atoms with van der Waals surface area (Å²) in [5, 5.41) is 4.49. The van der Waals surface area contributed by atoms with E-state index in [0.29, 0.717) is 5.82 Å². The topological polar surface area (TPSA) is 37.8 Å². The Morgan fingerprint density at radius 2 is 1.48 bits per heavy atom. The van der Waals surface area contributed by atoms with Gasteiger partial charge in [0.15, 0.2) is 5.82 Å². The summed E-state index contributed by atoms with van der Waals surface area (Å²) in [6.07, 6.45) is 0. The number of nitrogens with one attached hydrogen (secondary N) is 1. The van der Waals surface area contributed by atoms with Crippen molar-refractivity contribution in [3.8, 4) is 11.4 Å². The van der Waals surface area contributed by atoms with Crippen molar-refractivity contribution in [1.82, 2.24) is 9.97 Å². The molecule has 1 aromatic heterocycles. The number of aromatic nitrogens is 2. The molecule has 1 N–H and O–H groups in total. The van der Waals surface area contributed by atoms with E-state index in [4.69, 9.17) is 9.97 Å². The maximum atomic E-state index is 4.79. The summed E-state index contributed by atoms with van der Waals surface area (Å²) in [4.78, 5) is 9.54. The summed E-state index contributed by atoms with van der Waals surface area (Å²) in [5.74, 6) is 1.56. The fourth-order valence-corrected chi connectivity index (χ4v) is 3.22. The van der Waals surface area contributed by atoms with Crippen LogP contribution in [0.5, 0.6) is 0 Å². The maximum Gasteiger partial charge on any atom is 0.163 e. The molecule has 4 aromatic rings. The van der Waals surface area contributed by atoms with Crippen LogP contribution in [0.3, 0.4) is 0 Å². The number of rotatable bonds is 4. The predicted molar refractivity (Wildman–Crippen MR) is 106 cm³/mol. The molecule has 0 saturated heterocycles. The summed E-state index contributed by atoms with van der Waals surface area (Å²) in [7, 11) is 0. The second-order valence-corrected chi connectivity index (χ2v) is 6.59. The van der Waals surface area contributed by atoms with E-state index in [1.807, 2.05) is 66.7 Å². The van der Waals surface area contributed by atoms with Crippen LogP contribution in [0.1, 0.15) is 5.56 Å². The van der Waals surface area contributed by atoms with E-state index in [1.54, 1.807) is 0 Å². The number of para-hydroxylation sites is 1. The minimum absolute atomic E-state index is 0.710. The van der Waals surface area contributed by atoms with Gasteiger partial charge in [-0.25, -0.2) is 9.97 Å². The van der Waals surface area contributed by atoms with Crippen molar-refractivity contribution < 1.29 is 0 Å². The fourth-order valence-electron chi connectivity index (χ4n) is 2.76. The summed E-state index contributed by atoms with van der Waals surface area (Å²) >= 11 is 3.60. The molecule has 4 heteroatoms. The van der Waals surface area contributed by atoms with Crippen molar-refractivity contribution in [3.63, 3.8) is 0 Å². The Bertz CT molecular complexity index is 1020. The van der Waals surface area contributed by atoms with Crippen LogP contribution in [0.15, 0.2) is 83.3 Å². The zero-order valence-corrected chi connectivity index (χ0v) is 15.1. The van der Waals surface area contributed by atoms with Crippen molar-refractivity contribution in [1.29, 1.82) is 0 Å². The van der Waals surface area contributed by atoms with Crippen LogP contribution < -0.4 is 5.32 Å². The van der Waals surface area contributed by atoms with Gasteiger partial charge in [0.05, 0.1) is 5.52 Å². The van der Waals surface area contributed by atoms with Crippen molar-refractivity contribution in [2.24, 2.45) is 0 Å². The van der Waals surface area contributed by atoms with Gasteiger partial charge in [0.1, 0.15) is 5.82 Å². The molecule has 0 unspecified atom stereocenters. The van der Waals surface area contributed by atoms with E-state index in [1.165, 1.54) is 5.56 Å². The van der Waals surface area contributed by atoms with E-state index in [2.05, 4.69) is 33.4 Å². The van der Waals surface area contributed by atoms with E-state index >= 15 is 0 Å². The summed E-state index contributed by atoms with van der Waals surface area (Å²) in [6, 6.07) is 26.4. The van der Waals surface area contributed by atoms with Crippen molar-refractivity contribution in [3.05, 3.63) is 88.9 Å². The minimum atomic E-state index is 0.710. The van der Waals surface area contributed by atoms with E-state index in [9.17, 15) is 0 Å². The first-order valence-corrected chi connectivity index (χ1v) is 8.90. The summed E-state index contributed by atoms with van der Waals surface area (Å²) < 4.78 is 0.985. The maximum absolute atomic E-state index is 4.79. The molecule has 0 aliphatic rings. The number of nitrogens with zero attached hydrogens (tertiary/aromatic N) is 2. The fraction of sp³-hybridized carbons (Fsp3) is 0.0476. The standard InChI is InChI=1S/C21H16BrN3/c22-18-12-6-4-10-16(18)21-24-19-13-7-5-11-17(19)20(25-21)23-14-15-8-2-1-3-9-15/h1-13H,14H2,(H,23,24,25). The molecule has 0 saturated carbocycles. The second-order valence-electron chi connectivity index (χ2n) is 5.73. The zero-order valence-electron chi connectivity index (χ0n) is 13.5. The SMILES string of the molecule is Brc1ccccc1-c1nc(NCc2ccccc2)c2ccccc2n1. The van der Waals surface area contributed by atoms with Gasteiger partial charge in [-0.15, -0.1) is 0 Å². The lowest BCUT2D eigenvalue weighted by Crippen LogP contribution is -2.04. The number of anilines is 1. The average Bonchev–Trinajstić information content (AvgIpc) is 2.67. The van der Waals surface area contributed by atoms with Gasteiger partial charge in [-0.2, -0.15) is 0 Å². The van der Waals surface area contributed by atoms with Gasteiger partial charge >= 0.3 is 0 Å². The molecule has 0 aliphatic heterocycles. The van der Waals surface area contributed by atoms with Gasteiger partial charge in [0, 0.05) is 22.0 Å². The number of benzene rings is 3. The monoisotopic (exact) mass is 389 g/mol. The van der Waals surface area contributed by atoms with Crippen molar-refractivity contribution >= 4 is 32.7 Å². The molecular formula is C21H16BrN3. The zero-order chi connectivity index (χ0) is 17.1. The Labute approximate surface area is 154 Å². The lowest BCUT2D eigenvalue weighted by molar-refractivity contribution is 1.11. The Hall–Kier alpha value is -2.72. The summed E-state index contributed by atoms with van der Waals surface area (Å²) in [6.45, 7) is 0.719. The molecule has 3 nitrogen and oxygen atoms in total. The van der Waals surface area contributed by atoms with Gasteiger partial charge in [0.25, 0.3) is 0 Å². The number of hydrogen-bond acceptors (Lipinski definition) is 3. The molecule has 0 fully saturated rings. The Balaban J connectivity index is 1.78. The highest BCUT2D eigenvalue weighted by atomic mass is 79.9. The molecule has 25 heavy (non-hydrogen) atoms. The smallest absolute Gasteiger partial charge is 0.163 e. The van der Waals surface area contributed by atoms with E-state index < -0.39 is 0 Å². The van der Waals surface area contributed by atoms with Crippen LogP contribution in [0.2, 0.25) is 0 Å². The highest BCUT2D eigenvalue weighted by Gasteiger charge is 2.11. The average molecular weight is 390 g/mol. The Kier molecular flexibility index (Phi) is 4.44. The molecule has 1 heterocycles. The first-order valence-electron chi connectivity index (χ1n) is 8.11. The van der Waals surface area contributed by atoms with Gasteiger partial charge < -0.3 is 5.32 Å². The Morgan fingerprint density at radius 3 is 2.32 bits per heavy atom. The van der Waals surface area contributed by atoms with Crippen LogP contribution in [0, 0.1) is 0 Å². The summed E-state index contributed by atoms with van der Waals surface area (Å²) in [5.41, 5.74) is 3.13. The molecule has 0 radical (unpaired) electrons. The lowest BCUT2D eigenvalue weighted by atomic mass is 10.1. The third-order valence-electron chi connectivity index (χ3n) is 4.02. The molecule has 4 rings (SSSR count). The van der Waals surface area contributed by atoms with Crippen LogP contribution in [0.4, 0.5) is 5.82 Å². The van der Waals surface area contributed by atoms with Gasteiger partial charge in [-0.05, 0) is 23.8 Å². The van der Waals surface area contributed by atoms with Crippen LogP contribution in [-0.4, -0.2) is 9.97 Å². The molecular weight excluding hydrogens is 374 g/mol. The first kappa shape index (κ1) is 15.8. The molecule has 0 bridgehead atoms. The van der Waals surface area contributed by atoms with Gasteiger partial charge in [-0.3, -0.25) is 0 Å². The molecule has 0 aliphatic carbocycles. The molecule has 0 amide bonds. The molecule has 3 aromatic carbocycles.